The Hall–Kier alpha value is -2.88. The molecule has 4 nitrogen and oxygen atoms in total. The molecule has 0 saturated carbocycles. The molecular formula is C16H12N4. The van der Waals surface area contributed by atoms with Crippen molar-refractivity contribution in [2.45, 2.75) is 0 Å². The summed E-state index contributed by atoms with van der Waals surface area (Å²) in [6, 6.07) is 15.8. The highest BCUT2D eigenvalue weighted by atomic mass is 15.0. The molecule has 2 aromatic heterocycles. The van der Waals surface area contributed by atoms with Crippen LogP contribution in [-0.2, 0) is 0 Å². The van der Waals surface area contributed by atoms with Crippen LogP contribution >= 0.6 is 0 Å². The number of rotatable bonds is 2. The van der Waals surface area contributed by atoms with E-state index in [1.807, 2.05) is 48.5 Å². The van der Waals surface area contributed by atoms with Crippen LogP contribution in [0.5, 0.6) is 0 Å². The minimum Gasteiger partial charge on any atom is -0.338 e. The molecule has 4 rings (SSSR count). The Morgan fingerprint density at radius 1 is 0.750 bits per heavy atom. The van der Waals surface area contributed by atoms with Gasteiger partial charge in [0, 0.05) is 0 Å². The van der Waals surface area contributed by atoms with Gasteiger partial charge in [-0.2, -0.15) is 0 Å². The van der Waals surface area contributed by atoms with Crippen LogP contribution in [0.15, 0.2) is 55.1 Å². The molecule has 0 unspecified atom stereocenters. The smallest absolute Gasteiger partial charge is 0.141 e. The fraction of sp³-hybridized carbons (Fsp3) is 0. The third-order valence-corrected chi connectivity index (χ3v) is 3.35. The van der Waals surface area contributed by atoms with Crippen LogP contribution < -0.4 is 0 Å². The van der Waals surface area contributed by atoms with Crippen molar-refractivity contribution in [3.05, 3.63) is 66.8 Å². The number of H-pyrrole nitrogens is 2. The topological polar surface area (TPSA) is 57.4 Å². The Bertz CT molecular complexity index is 788. The summed E-state index contributed by atoms with van der Waals surface area (Å²) in [6.45, 7) is 4.10. The molecule has 0 atom stereocenters. The van der Waals surface area contributed by atoms with Gasteiger partial charge in [-0.1, -0.05) is 30.8 Å². The highest BCUT2D eigenvalue weighted by molar-refractivity contribution is 5.84. The number of hydrogen-bond donors (Lipinski definition) is 2. The van der Waals surface area contributed by atoms with Gasteiger partial charge < -0.3 is 9.97 Å². The summed E-state index contributed by atoms with van der Waals surface area (Å²) in [6.07, 6.45) is 0. The zero-order valence-electron chi connectivity index (χ0n) is 10.7. The molecule has 0 radical (unpaired) electrons. The van der Waals surface area contributed by atoms with Crippen molar-refractivity contribution < 1.29 is 0 Å². The van der Waals surface area contributed by atoms with Crippen molar-refractivity contribution in [1.82, 2.24) is 19.9 Å². The minimum atomic E-state index is 0.741. The normalized spacial score (nSPS) is 11.2. The van der Waals surface area contributed by atoms with Gasteiger partial charge >= 0.3 is 0 Å². The van der Waals surface area contributed by atoms with Crippen molar-refractivity contribution in [3.63, 3.8) is 0 Å². The zero-order valence-corrected chi connectivity index (χ0v) is 10.7. The molecule has 0 saturated heterocycles. The Balaban J connectivity index is 1.82. The Morgan fingerprint density at radius 3 is 1.65 bits per heavy atom. The number of para-hydroxylation sites is 4. The fourth-order valence-electron chi connectivity index (χ4n) is 2.30. The predicted molar refractivity (Wildman–Crippen MR) is 80.3 cm³/mol. The number of fused-ring (bicyclic) bond motifs is 2. The van der Waals surface area contributed by atoms with Crippen molar-refractivity contribution in [3.8, 4) is 0 Å². The predicted octanol–water partition coefficient (Wildman–Crippen LogP) is 3.50. The van der Waals surface area contributed by atoms with Gasteiger partial charge in [0.2, 0.25) is 0 Å². The number of imidazole rings is 2. The molecule has 0 aliphatic heterocycles. The second-order valence-electron chi connectivity index (χ2n) is 4.68. The molecule has 0 aliphatic rings. The molecule has 2 aromatic carbocycles. The highest BCUT2D eigenvalue weighted by Crippen LogP contribution is 2.22. The van der Waals surface area contributed by atoms with Crippen molar-refractivity contribution >= 4 is 27.6 Å². The van der Waals surface area contributed by atoms with Gasteiger partial charge in [-0.3, -0.25) is 0 Å². The Kier molecular flexibility index (Phi) is 2.23. The Morgan fingerprint density at radius 2 is 1.20 bits per heavy atom. The second-order valence-corrected chi connectivity index (χ2v) is 4.68. The zero-order chi connectivity index (χ0) is 13.5. The molecular weight excluding hydrogens is 248 g/mol. The molecule has 0 aliphatic carbocycles. The van der Waals surface area contributed by atoms with Crippen molar-refractivity contribution in [2.24, 2.45) is 0 Å². The third-order valence-electron chi connectivity index (χ3n) is 3.35. The van der Waals surface area contributed by atoms with Crippen molar-refractivity contribution in [1.29, 1.82) is 0 Å². The van der Waals surface area contributed by atoms with Crippen molar-refractivity contribution in [2.75, 3.05) is 0 Å². The molecule has 20 heavy (non-hydrogen) atoms. The summed E-state index contributed by atoms with van der Waals surface area (Å²) in [7, 11) is 0. The molecule has 0 fully saturated rings. The molecule has 2 N–H and O–H groups in total. The third kappa shape index (κ3) is 1.62. The van der Waals surface area contributed by atoms with Crippen LogP contribution in [0.1, 0.15) is 11.6 Å². The van der Waals surface area contributed by atoms with Gasteiger partial charge in [-0.05, 0) is 24.3 Å². The van der Waals surface area contributed by atoms with E-state index in [1.165, 1.54) is 0 Å². The van der Waals surface area contributed by atoms with Gasteiger partial charge in [0.1, 0.15) is 11.6 Å². The number of aromatic nitrogens is 4. The van der Waals surface area contributed by atoms with E-state index in [1.54, 1.807) is 0 Å². The molecule has 2 heterocycles. The number of nitrogens with zero attached hydrogens (tertiary/aromatic N) is 2. The number of hydrogen-bond acceptors (Lipinski definition) is 2. The maximum Gasteiger partial charge on any atom is 0.141 e. The van der Waals surface area contributed by atoms with Gasteiger partial charge in [0.15, 0.2) is 0 Å². The van der Waals surface area contributed by atoms with Gasteiger partial charge in [-0.25, -0.2) is 9.97 Å². The summed E-state index contributed by atoms with van der Waals surface area (Å²) in [5.74, 6) is 1.48. The van der Waals surface area contributed by atoms with Gasteiger partial charge in [0.05, 0.1) is 27.6 Å². The average Bonchev–Trinajstić information content (AvgIpc) is 3.10. The summed E-state index contributed by atoms with van der Waals surface area (Å²) in [5, 5.41) is 0. The molecule has 0 amide bonds. The molecule has 0 bridgehead atoms. The van der Waals surface area contributed by atoms with E-state index in [-0.39, 0.29) is 0 Å². The van der Waals surface area contributed by atoms with E-state index < -0.39 is 0 Å². The van der Waals surface area contributed by atoms with Crippen LogP contribution in [0.4, 0.5) is 0 Å². The van der Waals surface area contributed by atoms with E-state index in [2.05, 4.69) is 26.5 Å². The van der Waals surface area contributed by atoms with Gasteiger partial charge in [-0.15, -0.1) is 0 Å². The summed E-state index contributed by atoms with van der Waals surface area (Å²) < 4.78 is 0. The van der Waals surface area contributed by atoms with Crippen LogP contribution in [-0.4, -0.2) is 19.9 Å². The summed E-state index contributed by atoms with van der Waals surface area (Å²) >= 11 is 0. The first-order chi connectivity index (χ1) is 9.81. The quantitative estimate of drug-likeness (QED) is 0.579. The monoisotopic (exact) mass is 260 g/mol. The van der Waals surface area contributed by atoms with Crippen LogP contribution in [0.3, 0.4) is 0 Å². The Labute approximate surface area is 115 Å². The fourth-order valence-corrected chi connectivity index (χ4v) is 2.30. The maximum atomic E-state index is 4.54. The maximum absolute atomic E-state index is 4.54. The lowest BCUT2D eigenvalue weighted by molar-refractivity contribution is 1.20. The SMILES string of the molecule is C=C(c1nc2ccccc2[nH]1)c1nc2ccccc2[nH]1. The van der Waals surface area contributed by atoms with Crippen LogP contribution in [0, 0.1) is 0 Å². The molecule has 4 aromatic rings. The number of benzene rings is 2. The lowest BCUT2D eigenvalue weighted by atomic mass is 10.3. The second kappa shape index (κ2) is 4.06. The first kappa shape index (κ1) is 11.0. The average molecular weight is 260 g/mol. The summed E-state index contributed by atoms with van der Waals surface area (Å²) in [4.78, 5) is 15.6. The number of nitrogens with one attached hydrogen (secondary N) is 2. The standard InChI is InChI=1S/C16H12N4/c1-10(15-17-11-6-2-3-7-12(11)18-15)16-19-13-8-4-5-9-14(13)20-16/h2-9H,1H2,(H,17,18)(H,19,20). The first-order valence-corrected chi connectivity index (χ1v) is 6.40. The number of aromatic amines is 2. The largest absolute Gasteiger partial charge is 0.338 e. The van der Waals surface area contributed by atoms with Crippen LogP contribution in [0.2, 0.25) is 0 Å². The first-order valence-electron chi connectivity index (χ1n) is 6.40. The van der Waals surface area contributed by atoms with E-state index in [4.69, 9.17) is 0 Å². The minimum absolute atomic E-state index is 0.741. The van der Waals surface area contributed by atoms with Crippen LogP contribution in [0.25, 0.3) is 27.6 Å². The van der Waals surface area contributed by atoms with E-state index in [9.17, 15) is 0 Å². The van der Waals surface area contributed by atoms with E-state index in [0.29, 0.717) is 0 Å². The lowest BCUT2D eigenvalue weighted by Gasteiger charge is -1.96. The van der Waals surface area contributed by atoms with Gasteiger partial charge in [0.25, 0.3) is 0 Å². The highest BCUT2D eigenvalue weighted by Gasteiger charge is 2.11. The molecule has 4 heteroatoms. The summed E-state index contributed by atoms with van der Waals surface area (Å²) in [5.41, 5.74) is 4.62. The van der Waals surface area contributed by atoms with E-state index in [0.717, 1.165) is 39.3 Å². The molecule has 96 valence electrons. The lowest BCUT2D eigenvalue weighted by Crippen LogP contribution is -1.90. The van der Waals surface area contributed by atoms with E-state index >= 15 is 0 Å². The molecule has 0 spiro atoms.